The lowest BCUT2D eigenvalue weighted by molar-refractivity contribution is -0.194. The molecular formula is C72H85N9O17S2. The fourth-order valence-electron chi connectivity index (χ4n) is 14.9. The number of carboxylic acid groups (broad SMARTS) is 1. The highest BCUT2D eigenvalue weighted by molar-refractivity contribution is 7.85. The number of phenolic OH excluding ortho intramolecular Hbond substituents is 1. The quantitative estimate of drug-likeness (QED) is 0.0127. The number of hydrogen-bond acceptors (Lipinski definition) is 19. The number of benzene rings is 4. The third-order valence-electron chi connectivity index (χ3n) is 18.3. The fraction of sp³-hybridized carbons (Fsp3) is 0.444. The first-order chi connectivity index (χ1) is 47.6. The molecule has 1 aliphatic heterocycles. The molecule has 2 fully saturated rings. The molecule has 532 valence electrons. The van der Waals surface area contributed by atoms with Crippen LogP contribution in [-0.4, -0.2) is 178 Å². The van der Waals surface area contributed by atoms with Gasteiger partial charge in [-0.25, -0.2) is 19.6 Å². The number of rotatable bonds is 33. The third kappa shape index (κ3) is 18.8. The number of carbonyl (C=O) groups is 7. The third-order valence-corrected chi connectivity index (χ3v) is 20.0. The van der Waals surface area contributed by atoms with Crippen LogP contribution in [-0.2, 0) is 61.4 Å². The van der Waals surface area contributed by atoms with Gasteiger partial charge >= 0.3 is 12.1 Å². The summed E-state index contributed by atoms with van der Waals surface area (Å²) in [6, 6.07) is 25.3. The highest BCUT2D eigenvalue weighted by atomic mass is 32.2. The standard InChI is InChI=1S/C72H85N9O17S2/c1-46-54(51-22-23-55(76-63(51)66(88)89)48-19-18-47-13-12-14-52(53(47)35-48)64(86)78-67-77-56-15-9-10-16-59(56)99-67)37-74-81(46)45-71(5)42-70(4)40-69(2,3)41-72(43-70,44-71)98-32-29-79(28-31-94-6)68(90)97-38-49-20-21-50(36-58(49)82)96-34-33-95-30-26-73-65(87)57(39-100(91,92)93)75-60(83)17-8-7-11-27-80-61(84)24-25-62(80)85/h9-10,12-16,18-25,35-37,57,82H,7-8,11,17,26-34,38-45H2,1-6H3,(H,73,87)(H,75,83)(H,88,89)(H,77,78,86)(H,91,92,93)/t57-,70?,71?,72?/m0/s1. The smallest absolute Gasteiger partial charge is 0.410 e. The van der Waals surface area contributed by atoms with Crippen LogP contribution in [0.3, 0.4) is 0 Å². The molecule has 0 spiro atoms. The van der Waals surface area contributed by atoms with E-state index in [1.807, 2.05) is 66.2 Å². The highest BCUT2D eigenvalue weighted by Crippen LogP contribution is 2.63. The number of imide groups is 1. The normalized spacial score (nSPS) is 19.0. The predicted octanol–water partition coefficient (Wildman–Crippen LogP) is 9.77. The van der Waals surface area contributed by atoms with E-state index < -0.39 is 63.2 Å². The Kier molecular flexibility index (Phi) is 23.2. The van der Waals surface area contributed by atoms with Gasteiger partial charge < -0.3 is 49.4 Å². The first-order valence-electron chi connectivity index (χ1n) is 33.2. The van der Waals surface area contributed by atoms with Crippen LogP contribution < -0.4 is 20.7 Å². The number of nitrogens with one attached hydrogen (secondary N) is 3. The van der Waals surface area contributed by atoms with Crippen LogP contribution >= 0.6 is 11.3 Å². The van der Waals surface area contributed by atoms with Gasteiger partial charge in [0, 0.05) is 98.0 Å². The van der Waals surface area contributed by atoms with Crippen LogP contribution in [0, 0.1) is 23.2 Å². The molecule has 26 nitrogen and oxygen atoms in total. The Labute approximate surface area is 583 Å². The van der Waals surface area contributed by atoms with E-state index >= 15 is 0 Å². The molecule has 0 saturated heterocycles. The molecular weight excluding hydrogens is 1330 g/mol. The number of thiazole rings is 1. The van der Waals surface area contributed by atoms with Gasteiger partial charge in [0.25, 0.3) is 27.8 Å². The fourth-order valence-corrected chi connectivity index (χ4v) is 16.4. The number of para-hydroxylation sites is 1. The van der Waals surface area contributed by atoms with Gasteiger partial charge in [-0.05, 0) is 127 Å². The molecule has 6 N–H and O–H groups in total. The summed E-state index contributed by atoms with van der Waals surface area (Å²) in [6.07, 6.45) is 8.78. The molecule has 3 aromatic heterocycles. The van der Waals surface area contributed by atoms with E-state index in [-0.39, 0.29) is 106 Å². The van der Waals surface area contributed by atoms with E-state index in [1.165, 1.54) is 34.5 Å². The Morgan fingerprint density at radius 1 is 0.810 bits per heavy atom. The largest absolute Gasteiger partial charge is 0.507 e. The van der Waals surface area contributed by atoms with Crippen molar-refractivity contribution in [1.82, 2.24) is 40.2 Å². The average Bonchev–Trinajstić information content (AvgIpc) is 0.763. The number of aromatic carboxylic acids is 1. The average molecular weight is 1410 g/mol. The summed E-state index contributed by atoms with van der Waals surface area (Å²) in [5.74, 6) is -4.77. The Bertz CT molecular complexity index is 4310. The van der Waals surface area contributed by atoms with E-state index in [4.69, 9.17) is 33.8 Å². The summed E-state index contributed by atoms with van der Waals surface area (Å²) in [7, 11) is -3.12. The Balaban J connectivity index is 0.700. The SMILES string of the molecule is COCCN(CCOC12CC(C)(C)CC(C)(CC(C)(Cn3ncc(-c4ccc(-c5ccc6cccc(C(=O)Nc7nc8ccccc8s7)c6c5)nc4C(=O)O)c3C)C1)C2)C(=O)OCc1ccc(OCCOCCNC(=O)[C@H](CS(=O)(=O)O)NC(=O)CCCCCN2C(=O)C=CC2=O)cc1O. The minimum atomic E-state index is -4.66. The number of fused-ring (bicyclic) bond motifs is 4. The number of carboxylic acids is 1. The van der Waals surface area contributed by atoms with Crippen LogP contribution in [0.1, 0.15) is 118 Å². The van der Waals surface area contributed by atoms with Crippen LogP contribution in [0.25, 0.3) is 43.4 Å². The van der Waals surface area contributed by atoms with Crippen molar-refractivity contribution in [3.05, 3.63) is 132 Å². The maximum Gasteiger partial charge on any atom is 0.410 e. The van der Waals surface area contributed by atoms with Crippen LogP contribution in [0.5, 0.6) is 11.5 Å². The van der Waals surface area contributed by atoms with Crippen LogP contribution in [0.4, 0.5) is 9.93 Å². The minimum Gasteiger partial charge on any atom is -0.507 e. The van der Waals surface area contributed by atoms with E-state index in [0.717, 1.165) is 51.9 Å². The number of phenols is 1. The van der Waals surface area contributed by atoms with Gasteiger partial charge in [-0.1, -0.05) is 81.9 Å². The molecule has 100 heavy (non-hydrogen) atoms. The van der Waals surface area contributed by atoms with E-state index in [2.05, 4.69) is 48.6 Å². The van der Waals surface area contributed by atoms with Crippen molar-refractivity contribution in [2.75, 3.05) is 77.4 Å². The number of carbonyl (C=O) groups excluding carboxylic acids is 6. The second-order valence-electron chi connectivity index (χ2n) is 27.5. The van der Waals surface area contributed by atoms with Crippen molar-refractivity contribution >= 4 is 89.2 Å². The Hall–Kier alpha value is -9.19. The van der Waals surface area contributed by atoms with Gasteiger partial charge in [-0.15, -0.1) is 0 Å². The summed E-state index contributed by atoms with van der Waals surface area (Å²) in [5, 5.41) is 36.3. The summed E-state index contributed by atoms with van der Waals surface area (Å²) < 4.78 is 65.2. The molecule has 4 heterocycles. The molecule has 2 saturated carbocycles. The van der Waals surface area contributed by atoms with Gasteiger partial charge in [0.2, 0.25) is 11.8 Å². The number of anilines is 1. The second-order valence-corrected chi connectivity index (χ2v) is 30.0. The number of amides is 6. The first-order valence-corrected chi connectivity index (χ1v) is 35.6. The van der Waals surface area contributed by atoms with Gasteiger partial charge in [0.15, 0.2) is 10.8 Å². The zero-order valence-corrected chi connectivity index (χ0v) is 58.5. The molecule has 3 aliphatic rings. The van der Waals surface area contributed by atoms with Gasteiger partial charge in [-0.3, -0.25) is 43.4 Å². The number of unbranched alkanes of at least 4 members (excludes halogenated alkanes) is 2. The topological polar surface area (TPSA) is 347 Å². The lowest BCUT2D eigenvalue weighted by atomic mass is 9.48. The lowest BCUT2D eigenvalue weighted by Gasteiger charge is -2.61. The predicted molar refractivity (Wildman–Crippen MR) is 373 cm³/mol. The van der Waals surface area contributed by atoms with Crippen molar-refractivity contribution < 1.29 is 80.4 Å². The molecule has 10 rings (SSSR count). The second kappa shape index (κ2) is 31.6. The molecule has 7 aromatic rings. The van der Waals surface area contributed by atoms with Gasteiger partial charge in [0.1, 0.15) is 36.5 Å². The zero-order chi connectivity index (χ0) is 71.6. The molecule has 28 heteroatoms. The maximum atomic E-state index is 13.8. The first kappa shape index (κ1) is 73.5. The molecule has 6 amide bonds. The van der Waals surface area contributed by atoms with Crippen molar-refractivity contribution in [2.45, 2.75) is 117 Å². The van der Waals surface area contributed by atoms with E-state index in [0.29, 0.717) is 82.0 Å². The summed E-state index contributed by atoms with van der Waals surface area (Å²) >= 11 is 1.39. The zero-order valence-electron chi connectivity index (χ0n) is 56.9. The number of ether oxygens (including phenoxy) is 5. The monoisotopic (exact) mass is 1410 g/mol. The van der Waals surface area contributed by atoms with Crippen LogP contribution in [0.2, 0.25) is 0 Å². The van der Waals surface area contributed by atoms with Gasteiger partial charge in [0.05, 0.1) is 54.1 Å². The van der Waals surface area contributed by atoms with Crippen molar-refractivity contribution in [3.8, 4) is 33.9 Å². The number of aromatic nitrogens is 4. The summed E-state index contributed by atoms with van der Waals surface area (Å²) in [5.41, 5.74) is 3.30. The minimum absolute atomic E-state index is 0.0246. The lowest BCUT2D eigenvalue weighted by Crippen LogP contribution is -2.57. The summed E-state index contributed by atoms with van der Waals surface area (Å²) in [4.78, 5) is 101. The molecule has 0 radical (unpaired) electrons. The number of hydrogen-bond donors (Lipinski definition) is 6. The van der Waals surface area contributed by atoms with Crippen LogP contribution in [0.15, 0.2) is 109 Å². The van der Waals surface area contributed by atoms with E-state index in [1.54, 1.807) is 43.6 Å². The van der Waals surface area contributed by atoms with Crippen molar-refractivity contribution in [2.24, 2.45) is 16.2 Å². The van der Waals surface area contributed by atoms with E-state index in [9.17, 15) is 56.7 Å². The van der Waals surface area contributed by atoms with Gasteiger partial charge in [-0.2, -0.15) is 13.5 Å². The molecule has 4 aromatic carbocycles. The Morgan fingerprint density at radius 2 is 1.59 bits per heavy atom. The molecule has 4 atom stereocenters. The highest BCUT2D eigenvalue weighted by Gasteiger charge is 2.58. The van der Waals surface area contributed by atoms with Crippen molar-refractivity contribution in [1.29, 1.82) is 0 Å². The summed E-state index contributed by atoms with van der Waals surface area (Å²) in [6.45, 7) is 12.4. The number of pyridine rings is 1. The maximum absolute atomic E-state index is 13.8. The number of nitrogens with zero attached hydrogens (tertiary/aromatic N) is 6. The number of aromatic hydroxyl groups is 1. The Morgan fingerprint density at radius 3 is 2.34 bits per heavy atom. The molecule has 2 bridgehead atoms. The number of methoxy groups -OCH3 is 1. The molecule has 2 aliphatic carbocycles. The molecule has 3 unspecified atom stereocenters. The van der Waals surface area contributed by atoms with Crippen molar-refractivity contribution in [3.63, 3.8) is 0 Å².